The molecule has 0 saturated carbocycles. The Morgan fingerprint density at radius 3 is 2.89 bits per heavy atom. The van der Waals surface area contributed by atoms with Crippen LogP contribution in [0, 0.1) is 17.0 Å². The van der Waals surface area contributed by atoms with Crippen molar-refractivity contribution in [2.45, 2.75) is 13.5 Å². The molecule has 92 valence electrons. The van der Waals surface area contributed by atoms with E-state index in [1.54, 1.807) is 37.6 Å². The molecule has 2 aromatic rings. The van der Waals surface area contributed by atoms with Crippen LogP contribution in [-0.2, 0) is 6.54 Å². The molecule has 0 radical (unpaired) electrons. The summed E-state index contributed by atoms with van der Waals surface area (Å²) in [6.45, 7) is 2.19. The van der Waals surface area contributed by atoms with E-state index < -0.39 is 0 Å². The van der Waals surface area contributed by atoms with Crippen LogP contribution in [0.1, 0.15) is 11.3 Å². The predicted molar refractivity (Wildman–Crippen MR) is 67.2 cm³/mol. The molecule has 1 N–H and O–H groups in total. The summed E-state index contributed by atoms with van der Waals surface area (Å²) in [5.41, 5.74) is 2.22. The fourth-order valence-electron chi connectivity index (χ4n) is 1.53. The smallest absolute Gasteiger partial charge is 0.274 e. The van der Waals surface area contributed by atoms with Crippen molar-refractivity contribution in [2.24, 2.45) is 0 Å². The predicted octanol–water partition coefficient (Wildman–Crippen LogP) is 2.31. The van der Waals surface area contributed by atoms with Gasteiger partial charge in [0.25, 0.3) is 5.69 Å². The molecule has 0 bridgehead atoms. The minimum absolute atomic E-state index is 0.110. The third kappa shape index (κ3) is 2.79. The molecule has 1 heterocycles. The molecule has 0 aliphatic rings. The Balaban J connectivity index is 2.11. The molecule has 0 atom stereocenters. The lowest BCUT2D eigenvalue weighted by atomic mass is 10.2. The number of nitro groups is 1. The summed E-state index contributed by atoms with van der Waals surface area (Å²) < 4.78 is 0. The quantitative estimate of drug-likeness (QED) is 0.659. The van der Waals surface area contributed by atoms with Crippen LogP contribution in [-0.4, -0.2) is 14.9 Å². The van der Waals surface area contributed by atoms with Gasteiger partial charge in [0.15, 0.2) is 0 Å². The van der Waals surface area contributed by atoms with E-state index in [0.29, 0.717) is 17.8 Å². The summed E-state index contributed by atoms with van der Waals surface area (Å²) >= 11 is 0. The van der Waals surface area contributed by atoms with Gasteiger partial charge in [-0.25, -0.2) is 0 Å². The Morgan fingerprint density at radius 1 is 1.39 bits per heavy atom. The molecule has 0 fully saturated rings. The van der Waals surface area contributed by atoms with E-state index in [1.807, 2.05) is 0 Å². The zero-order chi connectivity index (χ0) is 13.0. The van der Waals surface area contributed by atoms with E-state index in [0.717, 1.165) is 5.69 Å². The third-order valence-corrected chi connectivity index (χ3v) is 2.50. The van der Waals surface area contributed by atoms with Gasteiger partial charge in [0, 0.05) is 29.7 Å². The lowest BCUT2D eigenvalue weighted by Gasteiger charge is -2.06. The van der Waals surface area contributed by atoms with Crippen LogP contribution >= 0.6 is 0 Å². The zero-order valence-corrected chi connectivity index (χ0v) is 9.83. The fraction of sp³-hybridized carbons (Fsp3) is 0.167. The minimum Gasteiger partial charge on any atom is -0.379 e. The number of benzene rings is 1. The van der Waals surface area contributed by atoms with E-state index in [4.69, 9.17) is 0 Å². The highest BCUT2D eigenvalue weighted by Crippen LogP contribution is 2.22. The Hall–Kier alpha value is -2.50. The van der Waals surface area contributed by atoms with Crippen LogP contribution in [0.2, 0.25) is 0 Å². The minimum atomic E-state index is -0.386. The fourth-order valence-corrected chi connectivity index (χ4v) is 1.53. The first-order chi connectivity index (χ1) is 8.66. The molecule has 0 unspecified atom stereocenters. The van der Waals surface area contributed by atoms with Crippen molar-refractivity contribution in [2.75, 3.05) is 5.32 Å². The third-order valence-electron chi connectivity index (χ3n) is 2.50. The van der Waals surface area contributed by atoms with Crippen LogP contribution < -0.4 is 5.32 Å². The maximum Gasteiger partial charge on any atom is 0.274 e. The maximum atomic E-state index is 10.8. The number of aryl methyl sites for hydroxylation is 1. The molecule has 6 nitrogen and oxygen atoms in total. The van der Waals surface area contributed by atoms with Crippen molar-refractivity contribution in [3.8, 4) is 0 Å². The summed E-state index contributed by atoms with van der Waals surface area (Å²) in [7, 11) is 0. The number of aromatic nitrogens is 2. The molecule has 0 amide bonds. The number of nitrogens with one attached hydrogen (secondary N) is 1. The maximum absolute atomic E-state index is 10.8. The Kier molecular flexibility index (Phi) is 3.47. The second kappa shape index (κ2) is 5.22. The molecule has 18 heavy (non-hydrogen) atoms. The van der Waals surface area contributed by atoms with Gasteiger partial charge in [-0.3, -0.25) is 20.1 Å². The number of hydrogen-bond donors (Lipinski definition) is 1. The average Bonchev–Trinajstić information content (AvgIpc) is 2.38. The molecule has 6 heteroatoms. The molecule has 1 aromatic carbocycles. The molecular formula is C12H12N4O2. The summed E-state index contributed by atoms with van der Waals surface area (Å²) in [6.07, 6.45) is 4.85. The molecular weight excluding hydrogens is 232 g/mol. The highest BCUT2D eigenvalue weighted by atomic mass is 16.6. The standard InChI is InChI=1S/C12H12N4O2/c1-9-2-3-10(6-12(9)16(17)18)15-8-11-7-13-4-5-14-11/h2-7,15H,8H2,1H3. The van der Waals surface area contributed by atoms with E-state index in [9.17, 15) is 10.1 Å². The summed E-state index contributed by atoms with van der Waals surface area (Å²) in [4.78, 5) is 18.5. The second-order valence-electron chi connectivity index (χ2n) is 3.81. The SMILES string of the molecule is Cc1ccc(NCc2cnccn2)cc1[N+](=O)[O-]. The summed E-state index contributed by atoms with van der Waals surface area (Å²) in [5.74, 6) is 0. The van der Waals surface area contributed by atoms with Gasteiger partial charge < -0.3 is 5.32 Å². The topological polar surface area (TPSA) is 81.0 Å². The van der Waals surface area contributed by atoms with Gasteiger partial charge in [-0.2, -0.15) is 0 Å². The summed E-state index contributed by atoms with van der Waals surface area (Å²) in [6, 6.07) is 5.04. The highest BCUT2D eigenvalue weighted by molar-refractivity contribution is 5.54. The van der Waals surface area contributed by atoms with Gasteiger partial charge in [0.05, 0.1) is 23.4 Å². The summed E-state index contributed by atoms with van der Waals surface area (Å²) in [5, 5.41) is 13.9. The monoisotopic (exact) mass is 244 g/mol. The molecule has 0 aliphatic heterocycles. The molecule has 0 saturated heterocycles. The van der Waals surface area contributed by atoms with Crippen molar-refractivity contribution < 1.29 is 4.92 Å². The van der Waals surface area contributed by atoms with Gasteiger partial charge in [-0.05, 0) is 13.0 Å². The van der Waals surface area contributed by atoms with Crippen LogP contribution in [0.25, 0.3) is 0 Å². The van der Waals surface area contributed by atoms with Crippen LogP contribution in [0.5, 0.6) is 0 Å². The number of nitrogens with zero attached hydrogens (tertiary/aromatic N) is 3. The van der Waals surface area contributed by atoms with Gasteiger partial charge in [-0.15, -0.1) is 0 Å². The van der Waals surface area contributed by atoms with Crippen molar-refractivity contribution in [3.63, 3.8) is 0 Å². The lowest BCUT2D eigenvalue weighted by Crippen LogP contribution is -2.02. The van der Waals surface area contributed by atoms with Crippen LogP contribution in [0.15, 0.2) is 36.8 Å². The van der Waals surface area contributed by atoms with E-state index in [2.05, 4.69) is 15.3 Å². The molecule has 2 rings (SSSR count). The lowest BCUT2D eigenvalue weighted by molar-refractivity contribution is -0.385. The number of hydrogen-bond acceptors (Lipinski definition) is 5. The second-order valence-corrected chi connectivity index (χ2v) is 3.81. The normalized spacial score (nSPS) is 10.1. The Bertz CT molecular complexity index is 557. The van der Waals surface area contributed by atoms with E-state index in [-0.39, 0.29) is 10.6 Å². The first-order valence-electron chi connectivity index (χ1n) is 5.40. The van der Waals surface area contributed by atoms with Crippen molar-refractivity contribution in [1.29, 1.82) is 0 Å². The van der Waals surface area contributed by atoms with Gasteiger partial charge >= 0.3 is 0 Å². The zero-order valence-electron chi connectivity index (χ0n) is 9.83. The number of nitro benzene ring substituents is 1. The van der Waals surface area contributed by atoms with E-state index in [1.165, 1.54) is 6.07 Å². The van der Waals surface area contributed by atoms with Gasteiger partial charge in [0.2, 0.25) is 0 Å². The molecule has 1 aromatic heterocycles. The van der Waals surface area contributed by atoms with Gasteiger partial charge in [0.1, 0.15) is 0 Å². The van der Waals surface area contributed by atoms with Crippen molar-refractivity contribution in [3.05, 3.63) is 58.2 Å². The van der Waals surface area contributed by atoms with Gasteiger partial charge in [-0.1, -0.05) is 6.07 Å². The Morgan fingerprint density at radius 2 is 2.22 bits per heavy atom. The first kappa shape index (κ1) is 12.0. The van der Waals surface area contributed by atoms with E-state index >= 15 is 0 Å². The van der Waals surface area contributed by atoms with Crippen LogP contribution in [0.3, 0.4) is 0 Å². The molecule has 0 aliphatic carbocycles. The van der Waals surface area contributed by atoms with Crippen molar-refractivity contribution in [1.82, 2.24) is 9.97 Å². The number of anilines is 1. The average molecular weight is 244 g/mol. The first-order valence-corrected chi connectivity index (χ1v) is 5.40. The van der Waals surface area contributed by atoms with Crippen LogP contribution in [0.4, 0.5) is 11.4 Å². The van der Waals surface area contributed by atoms with Crippen molar-refractivity contribution >= 4 is 11.4 Å². The highest BCUT2D eigenvalue weighted by Gasteiger charge is 2.10. The molecule has 0 spiro atoms. The Labute approximate surface area is 104 Å². The largest absolute Gasteiger partial charge is 0.379 e. The number of rotatable bonds is 4.